The average Bonchev–Trinajstić information content (AvgIpc) is 3.39. The van der Waals surface area contributed by atoms with Crippen LogP contribution in [0.5, 0.6) is 0 Å². The number of aliphatic carboxylic acids is 1. The molecule has 2 saturated heterocycles. The number of nitrogen functional groups attached to an aromatic ring is 1. The smallest absolute Gasteiger partial charge is 0.410 e. The summed E-state index contributed by atoms with van der Waals surface area (Å²) in [5.74, 6) is -3.99. The third-order valence-electron chi connectivity index (χ3n) is 5.40. The van der Waals surface area contributed by atoms with Crippen molar-refractivity contribution < 1.29 is 46.8 Å². The largest absolute Gasteiger partial charge is 0.478 e. The molecule has 3 rings (SSSR count). The summed E-state index contributed by atoms with van der Waals surface area (Å²) in [6.45, 7) is 1.67. The molecule has 21 heteroatoms. The quantitative estimate of drug-likeness (QED) is 0.0488. The highest BCUT2D eigenvalue weighted by Crippen LogP contribution is 2.27. The molecular formula is C18H25N9O10S2. The van der Waals surface area contributed by atoms with Gasteiger partial charge in [0.15, 0.2) is 16.8 Å². The molecule has 0 unspecified atom stereocenters. The summed E-state index contributed by atoms with van der Waals surface area (Å²) in [5.41, 5.74) is 13.6. The number of guanidine groups is 1. The number of β-lactam (4-membered cyclic amide) rings is 1. The van der Waals surface area contributed by atoms with Crippen molar-refractivity contribution in [2.75, 3.05) is 25.4 Å². The van der Waals surface area contributed by atoms with Gasteiger partial charge >= 0.3 is 22.4 Å². The van der Waals surface area contributed by atoms with Crippen molar-refractivity contribution in [3.05, 3.63) is 11.1 Å². The first-order chi connectivity index (χ1) is 18.0. The number of hydrogen-bond acceptors (Lipinski definition) is 13. The maximum Gasteiger partial charge on any atom is 0.410 e. The highest BCUT2D eigenvalue weighted by atomic mass is 32.2. The molecule has 2 aliphatic heterocycles. The van der Waals surface area contributed by atoms with Gasteiger partial charge in [0.05, 0.1) is 19.1 Å². The molecule has 39 heavy (non-hydrogen) atoms. The monoisotopic (exact) mass is 591 g/mol. The second kappa shape index (κ2) is 10.9. The van der Waals surface area contributed by atoms with Gasteiger partial charge in [-0.05, 0) is 13.8 Å². The molecule has 1 aromatic rings. The lowest BCUT2D eigenvalue weighted by Gasteiger charge is -2.45. The molecule has 214 valence electrons. The summed E-state index contributed by atoms with van der Waals surface area (Å²) in [6, 6.07) is -3.03. The molecular weight excluding hydrogens is 566 g/mol. The SMILES string of the molecule is CC(C)(O/N=C(/C(=O)N[C@@H]1C(=O)N(S(=O)(=O)O)[C@@H]1CN1C[C@@H](CN=C(N)N)OC1=O)c1csc(N)n1)C(=O)O. The van der Waals surface area contributed by atoms with Gasteiger partial charge in [-0.15, -0.1) is 11.3 Å². The van der Waals surface area contributed by atoms with E-state index in [-0.39, 0.29) is 34.2 Å². The molecule has 2 aliphatic rings. The van der Waals surface area contributed by atoms with E-state index in [1.807, 2.05) is 0 Å². The first-order valence-corrected chi connectivity index (χ1v) is 13.1. The van der Waals surface area contributed by atoms with Crippen LogP contribution < -0.4 is 22.5 Å². The van der Waals surface area contributed by atoms with E-state index >= 15 is 0 Å². The number of carbonyl (C=O) groups is 4. The number of carbonyl (C=O) groups excluding carboxylic acids is 3. The number of aromatic nitrogens is 1. The molecule has 3 amide bonds. The van der Waals surface area contributed by atoms with E-state index in [1.54, 1.807) is 0 Å². The van der Waals surface area contributed by atoms with Gasteiger partial charge < -0.3 is 42.1 Å². The van der Waals surface area contributed by atoms with Crippen LogP contribution in [0.15, 0.2) is 15.5 Å². The number of cyclic esters (lactones) is 1. The van der Waals surface area contributed by atoms with Crippen LogP contribution in [0.2, 0.25) is 0 Å². The normalized spacial score (nSPS) is 21.7. The highest BCUT2D eigenvalue weighted by Gasteiger charge is 2.55. The predicted octanol–water partition coefficient (Wildman–Crippen LogP) is -3.10. The third-order valence-corrected chi connectivity index (χ3v) is 7.02. The van der Waals surface area contributed by atoms with Crippen molar-refractivity contribution in [3.8, 4) is 0 Å². The Morgan fingerprint density at radius 3 is 2.56 bits per heavy atom. The minimum atomic E-state index is -5.08. The van der Waals surface area contributed by atoms with Crippen molar-refractivity contribution in [2.24, 2.45) is 21.6 Å². The van der Waals surface area contributed by atoms with Gasteiger partial charge in [-0.25, -0.2) is 23.9 Å². The van der Waals surface area contributed by atoms with Gasteiger partial charge in [-0.3, -0.25) is 14.1 Å². The van der Waals surface area contributed by atoms with Crippen molar-refractivity contribution in [1.82, 2.24) is 19.5 Å². The van der Waals surface area contributed by atoms with E-state index in [2.05, 4.69) is 20.4 Å². The molecule has 0 radical (unpaired) electrons. The van der Waals surface area contributed by atoms with Crippen LogP contribution in [0.4, 0.5) is 9.93 Å². The van der Waals surface area contributed by atoms with Crippen molar-refractivity contribution >= 4 is 62.3 Å². The molecule has 0 aliphatic carbocycles. The summed E-state index contributed by atoms with van der Waals surface area (Å²) < 4.78 is 38.4. The Hall–Kier alpha value is -4.24. The molecule has 0 saturated carbocycles. The van der Waals surface area contributed by atoms with E-state index in [0.29, 0.717) is 0 Å². The number of anilines is 1. The molecule has 9 N–H and O–H groups in total. The predicted molar refractivity (Wildman–Crippen MR) is 132 cm³/mol. The van der Waals surface area contributed by atoms with Crippen molar-refractivity contribution in [3.63, 3.8) is 0 Å². The Labute approximate surface area is 224 Å². The minimum absolute atomic E-state index is 0.0287. The molecule has 19 nitrogen and oxygen atoms in total. The fourth-order valence-corrected chi connectivity index (χ4v) is 4.82. The highest BCUT2D eigenvalue weighted by molar-refractivity contribution is 7.84. The van der Waals surface area contributed by atoms with Crippen LogP contribution in [-0.4, -0.2) is 111 Å². The number of nitrogens with one attached hydrogen (secondary N) is 1. The lowest BCUT2D eigenvalue weighted by Crippen LogP contribution is -2.74. The van der Waals surface area contributed by atoms with Crippen molar-refractivity contribution in [1.29, 1.82) is 0 Å². The Morgan fingerprint density at radius 1 is 1.36 bits per heavy atom. The molecule has 3 heterocycles. The number of aliphatic imine (C=N–C) groups is 1. The molecule has 0 bridgehead atoms. The topological polar surface area (TPSA) is 296 Å². The zero-order valence-corrected chi connectivity index (χ0v) is 22.0. The van der Waals surface area contributed by atoms with E-state index < -0.39 is 70.2 Å². The number of carboxylic acids is 1. The fraction of sp³-hybridized carbons (Fsp3) is 0.500. The maximum absolute atomic E-state index is 13.1. The van der Waals surface area contributed by atoms with E-state index in [9.17, 15) is 37.3 Å². The van der Waals surface area contributed by atoms with Crippen LogP contribution in [0.1, 0.15) is 19.5 Å². The van der Waals surface area contributed by atoms with Gasteiger partial charge in [-0.2, -0.15) is 8.42 Å². The lowest BCUT2D eigenvalue weighted by molar-refractivity contribution is -0.161. The van der Waals surface area contributed by atoms with Gasteiger partial charge in [0.1, 0.15) is 17.8 Å². The zero-order chi connectivity index (χ0) is 29.3. The molecule has 2 fully saturated rings. The number of oxime groups is 1. The minimum Gasteiger partial charge on any atom is -0.478 e. The van der Waals surface area contributed by atoms with Crippen LogP contribution in [0.3, 0.4) is 0 Å². The number of rotatable bonds is 11. The fourth-order valence-electron chi connectivity index (χ4n) is 3.40. The zero-order valence-electron chi connectivity index (χ0n) is 20.4. The number of amides is 3. The second-order valence-corrected chi connectivity index (χ2v) is 10.9. The Balaban J connectivity index is 1.84. The third kappa shape index (κ3) is 6.61. The summed E-state index contributed by atoms with van der Waals surface area (Å²) >= 11 is 0.924. The number of carboxylic acid groups (broad SMARTS) is 1. The Kier molecular flexibility index (Phi) is 8.16. The van der Waals surface area contributed by atoms with Crippen molar-refractivity contribution in [2.45, 2.75) is 37.6 Å². The van der Waals surface area contributed by atoms with Crippen LogP contribution in [0, 0.1) is 0 Å². The number of ether oxygens (including phenoxy) is 1. The van der Waals surface area contributed by atoms with Crippen LogP contribution in [0.25, 0.3) is 0 Å². The molecule has 0 aromatic carbocycles. The Bertz CT molecular complexity index is 1340. The van der Waals surface area contributed by atoms with Crippen LogP contribution in [-0.2, 0) is 34.3 Å². The number of nitrogens with zero attached hydrogens (tertiary/aromatic N) is 5. The summed E-state index contributed by atoms with van der Waals surface area (Å²) in [6.07, 6.45) is -1.67. The second-order valence-electron chi connectivity index (χ2n) is 8.72. The average molecular weight is 592 g/mol. The summed E-state index contributed by atoms with van der Waals surface area (Å²) in [7, 11) is -5.08. The maximum atomic E-state index is 13.1. The Morgan fingerprint density at radius 2 is 2.03 bits per heavy atom. The lowest BCUT2D eigenvalue weighted by atomic mass is 9.97. The molecule has 3 atom stereocenters. The van der Waals surface area contributed by atoms with Gasteiger partial charge in [0.2, 0.25) is 5.60 Å². The molecule has 0 spiro atoms. The summed E-state index contributed by atoms with van der Waals surface area (Å²) in [5, 5.41) is 16.4. The van der Waals surface area contributed by atoms with Gasteiger partial charge in [-0.1, -0.05) is 5.16 Å². The van der Waals surface area contributed by atoms with Gasteiger partial charge in [0, 0.05) is 11.9 Å². The van der Waals surface area contributed by atoms with E-state index in [0.717, 1.165) is 30.1 Å². The first-order valence-electron chi connectivity index (χ1n) is 10.8. The number of nitrogens with two attached hydrogens (primary N) is 3. The number of thiazole rings is 1. The first kappa shape index (κ1) is 29.3. The number of hydrogen-bond donors (Lipinski definition) is 6. The summed E-state index contributed by atoms with van der Waals surface area (Å²) in [4.78, 5) is 63.1. The standard InChI is InChI=1S/C18H25N9O10S2/c1-18(2,14(30)31)37-25-10(8-6-38-16(21)23-8)12(28)24-11-9(27(13(11)29)39(33,34)35)5-26-4-7(36-17(26)32)3-22-15(19)20/h6-7,9,11H,3-5H2,1-2H3,(H2,21,23)(H,24,28)(H,30,31)(H4,19,20,22)(H,33,34,35)/b25-10+/t7-,9-,11+/m1/s1. The van der Waals surface area contributed by atoms with Crippen LogP contribution >= 0.6 is 11.3 Å². The van der Waals surface area contributed by atoms with Gasteiger partial charge in [0.25, 0.3) is 11.8 Å². The molecule has 1 aromatic heterocycles. The van der Waals surface area contributed by atoms with E-state index in [4.69, 9.17) is 26.8 Å². The van der Waals surface area contributed by atoms with E-state index in [1.165, 1.54) is 5.38 Å².